The number of aryl methyl sites for hydroxylation is 2. The van der Waals surface area contributed by atoms with Gasteiger partial charge in [0.1, 0.15) is 0 Å². The largest absolute Gasteiger partial charge is 0.291 e. The molecule has 0 saturated carbocycles. The molecule has 2 unspecified atom stereocenters. The fourth-order valence-electron chi connectivity index (χ4n) is 3.63. The van der Waals surface area contributed by atoms with Crippen molar-refractivity contribution in [3.8, 4) is 0 Å². The second-order valence-electron chi connectivity index (χ2n) is 5.81. The number of hydrogen-bond acceptors (Lipinski definition) is 2. The maximum Gasteiger partial charge on any atom is 0.0863 e. The van der Waals surface area contributed by atoms with Crippen molar-refractivity contribution in [2.45, 2.75) is 62.5 Å². The van der Waals surface area contributed by atoms with E-state index in [9.17, 15) is 0 Å². The van der Waals surface area contributed by atoms with Crippen molar-refractivity contribution in [3.05, 3.63) is 16.4 Å². The molecule has 0 aromatic carbocycles. The number of rotatable bonds is 3. The summed E-state index contributed by atoms with van der Waals surface area (Å²) in [6.07, 6.45) is 6.12. The number of hydrogen-bond donors (Lipinski definition) is 0. The summed E-state index contributed by atoms with van der Waals surface area (Å²) in [5, 5.41) is 5.41. The van der Waals surface area contributed by atoms with Crippen molar-refractivity contribution >= 4 is 27.5 Å². The van der Waals surface area contributed by atoms with Crippen LogP contribution in [0.15, 0.2) is 0 Å². The first-order valence-corrected chi connectivity index (χ1v) is 8.49. The molecule has 2 aliphatic heterocycles. The minimum absolute atomic E-state index is 0.703. The zero-order valence-corrected chi connectivity index (χ0v) is 13.9. The monoisotopic (exact) mass is 345 g/mol. The van der Waals surface area contributed by atoms with Gasteiger partial charge in [-0.15, -0.1) is 0 Å². The van der Waals surface area contributed by atoms with Crippen LogP contribution in [0.4, 0.5) is 0 Å². The first kappa shape index (κ1) is 13.9. The van der Waals surface area contributed by atoms with E-state index in [1.54, 1.807) is 0 Å². The van der Waals surface area contributed by atoms with Crippen LogP contribution in [0, 0.1) is 0 Å². The third kappa shape index (κ3) is 2.47. The Bertz CT molecular complexity index is 460. The van der Waals surface area contributed by atoms with Gasteiger partial charge in [-0.2, -0.15) is 5.10 Å². The minimum atomic E-state index is 0.703. The van der Waals surface area contributed by atoms with Gasteiger partial charge in [0.25, 0.3) is 0 Å². The third-order valence-electron chi connectivity index (χ3n) is 4.66. The molecule has 2 aliphatic rings. The van der Waals surface area contributed by atoms with Gasteiger partial charge >= 0.3 is 0 Å². The maximum atomic E-state index is 6.47. The topological polar surface area (TPSA) is 21.1 Å². The van der Waals surface area contributed by atoms with Crippen LogP contribution >= 0.6 is 27.5 Å². The van der Waals surface area contributed by atoms with Gasteiger partial charge in [-0.05, 0) is 32.1 Å². The lowest BCUT2D eigenvalue weighted by Crippen LogP contribution is -2.42. The van der Waals surface area contributed by atoms with Gasteiger partial charge in [-0.1, -0.05) is 34.5 Å². The van der Waals surface area contributed by atoms with Crippen molar-refractivity contribution in [1.82, 2.24) is 14.7 Å². The summed E-state index contributed by atoms with van der Waals surface area (Å²) in [5.41, 5.74) is 2.21. The first-order valence-electron chi connectivity index (χ1n) is 7.20. The van der Waals surface area contributed by atoms with Crippen LogP contribution < -0.4 is 0 Å². The van der Waals surface area contributed by atoms with Crippen molar-refractivity contribution in [2.24, 2.45) is 7.05 Å². The zero-order valence-electron chi connectivity index (χ0n) is 11.6. The summed E-state index contributed by atoms with van der Waals surface area (Å²) in [7, 11) is 2.01. The summed E-state index contributed by atoms with van der Waals surface area (Å²) in [6, 6.07) is 1.44. The van der Waals surface area contributed by atoms with Gasteiger partial charge in [-0.3, -0.25) is 9.58 Å². The molecule has 0 N–H and O–H groups in total. The Morgan fingerprint density at radius 3 is 2.47 bits per heavy atom. The fourth-order valence-corrected chi connectivity index (χ4v) is 4.85. The third-order valence-corrected chi connectivity index (χ3v) is 5.85. The van der Waals surface area contributed by atoms with E-state index >= 15 is 0 Å². The predicted molar refractivity (Wildman–Crippen MR) is 81.9 cm³/mol. The molecular weight excluding hydrogens is 326 g/mol. The lowest BCUT2D eigenvalue weighted by atomic mass is 10.0. The highest BCUT2D eigenvalue weighted by molar-refractivity contribution is 9.09. The van der Waals surface area contributed by atoms with Crippen LogP contribution in [0.25, 0.3) is 0 Å². The Balaban J connectivity index is 1.81. The van der Waals surface area contributed by atoms with Crippen LogP contribution in [0.1, 0.15) is 44.0 Å². The van der Waals surface area contributed by atoms with Crippen molar-refractivity contribution < 1.29 is 0 Å². The van der Waals surface area contributed by atoms with Crippen LogP contribution in [-0.4, -0.2) is 31.6 Å². The Labute approximate surface area is 128 Å². The molecule has 0 aliphatic carbocycles. The number of halogens is 2. The number of aromatic nitrogens is 2. The van der Waals surface area contributed by atoms with Crippen molar-refractivity contribution in [3.63, 3.8) is 0 Å². The van der Waals surface area contributed by atoms with Crippen LogP contribution in [-0.2, 0) is 20.0 Å². The smallest absolute Gasteiger partial charge is 0.0863 e. The van der Waals surface area contributed by atoms with Gasteiger partial charge in [0.2, 0.25) is 0 Å². The summed E-state index contributed by atoms with van der Waals surface area (Å²) in [5.74, 6) is 0. The van der Waals surface area contributed by atoms with E-state index < -0.39 is 0 Å². The summed E-state index contributed by atoms with van der Waals surface area (Å²) in [6.45, 7) is 3.06. The van der Waals surface area contributed by atoms with Gasteiger partial charge in [0.05, 0.1) is 16.4 Å². The number of piperidine rings is 1. The van der Waals surface area contributed by atoms with Crippen LogP contribution in [0.5, 0.6) is 0 Å². The summed E-state index contributed by atoms with van der Waals surface area (Å²) >= 11 is 10.3. The van der Waals surface area contributed by atoms with E-state index in [0.717, 1.165) is 35.8 Å². The molecule has 2 saturated heterocycles. The van der Waals surface area contributed by atoms with E-state index in [1.165, 1.54) is 31.4 Å². The molecule has 0 radical (unpaired) electrons. The molecule has 19 heavy (non-hydrogen) atoms. The van der Waals surface area contributed by atoms with Gasteiger partial charge in [0, 0.05) is 30.5 Å². The molecule has 1 aromatic rings. The first-order chi connectivity index (χ1) is 9.10. The number of alkyl halides is 1. The van der Waals surface area contributed by atoms with Crippen molar-refractivity contribution in [2.75, 3.05) is 0 Å². The molecule has 0 amide bonds. The quantitative estimate of drug-likeness (QED) is 0.781. The molecule has 2 fully saturated rings. The van der Waals surface area contributed by atoms with Gasteiger partial charge in [-0.25, -0.2) is 0 Å². The Kier molecular flexibility index (Phi) is 3.93. The minimum Gasteiger partial charge on any atom is -0.291 e. The molecular formula is C14H21BrClN3. The highest BCUT2D eigenvalue weighted by Crippen LogP contribution is 2.40. The molecule has 0 spiro atoms. The Morgan fingerprint density at radius 1 is 1.32 bits per heavy atom. The molecule has 3 heterocycles. The van der Waals surface area contributed by atoms with Gasteiger partial charge < -0.3 is 0 Å². The average Bonchev–Trinajstić information content (AvgIpc) is 2.77. The second-order valence-corrected chi connectivity index (χ2v) is 7.48. The molecule has 1 aromatic heterocycles. The molecule has 106 valence electrons. The molecule has 3 rings (SSSR count). The van der Waals surface area contributed by atoms with E-state index in [1.807, 2.05) is 11.7 Å². The Morgan fingerprint density at radius 2 is 1.95 bits per heavy atom. The normalized spacial score (nSPS) is 31.1. The van der Waals surface area contributed by atoms with Gasteiger partial charge in [0.15, 0.2) is 0 Å². The number of nitrogens with zero attached hydrogens (tertiary/aromatic N) is 3. The van der Waals surface area contributed by atoms with E-state index in [4.69, 9.17) is 11.6 Å². The predicted octanol–water partition coefficient (Wildman–Crippen LogP) is 3.53. The molecule has 2 atom stereocenters. The summed E-state index contributed by atoms with van der Waals surface area (Å²) in [4.78, 5) is 3.36. The van der Waals surface area contributed by atoms with Crippen molar-refractivity contribution in [1.29, 1.82) is 0 Å². The lowest BCUT2D eigenvalue weighted by molar-refractivity contribution is 0.133. The molecule has 3 nitrogen and oxygen atoms in total. The highest BCUT2D eigenvalue weighted by Gasteiger charge is 2.40. The summed E-state index contributed by atoms with van der Waals surface area (Å²) < 4.78 is 1.97. The zero-order chi connectivity index (χ0) is 13.6. The van der Waals surface area contributed by atoms with Crippen LogP contribution in [0.2, 0.25) is 5.02 Å². The number of fused-ring (bicyclic) bond motifs is 2. The molecule has 5 heteroatoms. The van der Waals surface area contributed by atoms with E-state index in [-0.39, 0.29) is 0 Å². The fraction of sp³-hybridized carbons (Fsp3) is 0.786. The lowest BCUT2D eigenvalue weighted by Gasteiger charge is -2.37. The SMILES string of the molecule is CCc1nn(C)c(CN2C3CCC2CC(Br)C3)c1Cl. The Hall–Kier alpha value is -0.0600. The average molecular weight is 347 g/mol. The van der Waals surface area contributed by atoms with Crippen LogP contribution in [0.3, 0.4) is 0 Å². The molecule has 2 bridgehead atoms. The van der Waals surface area contributed by atoms with E-state index in [0.29, 0.717) is 4.83 Å². The highest BCUT2D eigenvalue weighted by atomic mass is 79.9. The maximum absolute atomic E-state index is 6.47. The second kappa shape index (κ2) is 5.38. The van der Waals surface area contributed by atoms with E-state index in [2.05, 4.69) is 32.9 Å². The standard InChI is InChI=1S/C14H21BrClN3/c1-3-12-14(16)13(18(2)17-12)8-19-10-4-5-11(19)7-9(15)6-10/h9-11H,3-8H2,1-2H3.